The lowest BCUT2D eigenvalue weighted by molar-refractivity contribution is -0.118. The number of fused-ring (bicyclic) bond motifs is 1. The molecule has 0 atom stereocenters. The first kappa shape index (κ1) is 22.4. The summed E-state index contributed by atoms with van der Waals surface area (Å²) in [4.78, 5) is 27.8. The van der Waals surface area contributed by atoms with Gasteiger partial charge in [-0.15, -0.1) is 0 Å². The van der Waals surface area contributed by atoms with Crippen LogP contribution in [0.5, 0.6) is 5.75 Å². The van der Waals surface area contributed by atoms with Crippen molar-refractivity contribution < 1.29 is 22.7 Å². The van der Waals surface area contributed by atoms with Crippen molar-refractivity contribution in [3.05, 3.63) is 47.0 Å². The molecule has 2 aliphatic rings. The van der Waals surface area contributed by atoms with Gasteiger partial charge >= 0.3 is 0 Å². The predicted octanol–water partition coefficient (Wildman–Crippen LogP) is 1.88. The van der Waals surface area contributed by atoms with Crippen molar-refractivity contribution in [1.82, 2.24) is 9.21 Å². The van der Waals surface area contributed by atoms with Crippen molar-refractivity contribution in [2.75, 3.05) is 57.1 Å². The number of benzene rings is 2. The SMILES string of the molecule is CN(C)c1cccc(C(=O)N2CCN(S(=O)(=O)c3cc4c(cc3Cl)NC(=O)CO4)CC2)c1. The summed E-state index contributed by atoms with van der Waals surface area (Å²) >= 11 is 6.23. The van der Waals surface area contributed by atoms with Gasteiger partial charge in [0, 0.05) is 57.6 Å². The van der Waals surface area contributed by atoms with Crippen LogP contribution < -0.4 is 15.0 Å². The average molecular weight is 479 g/mol. The van der Waals surface area contributed by atoms with Crippen molar-refractivity contribution >= 4 is 44.8 Å². The number of ether oxygens (including phenoxy) is 1. The van der Waals surface area contributed by atoms with Crippen molar-refractivity contribution in [2.24, 2.45) is 0 Å². The van der Waals surface area contributed by atoms with Gasteiger partial charge in [-0.05, 0) is 24.3 Å². The van der Waals surface area contributed by atoms with E-state index in [1.807, 2.05) is 37.2 Å². The lowest BCUT2D eigenvalue weighted by Gasteiger charge is -2.34. The maximum atomic E-state index is 13.2. The molecule has 1 N–H and O–H groups in total. The van der Waals surface area contributed by atoms with E-state index in [1.54, 1.807) is 11.0 Å². The molecular formula is C21H23ClN4O5S. The third kappa shape index (κ3) is 4.25. The van der Waals surface area contributed by atoms with Crippen LogP contribution in [0.2, 0.25) is 5.02 Å². The maximum absolute atomic E-state index is 13.2. The third-order valence-corrected chi connectivity index (χ3v) is 7.78. The smallest absolute Gasteiger partial charge is 0.262 e. The highest BCUT2D eigenvalue weighted by atomic mass is 35.5. The van der Waals surface area contributed by atoms with Crippen LogP contribution in [0, 0.1) is 0 Å². The monoisotopic (exact) mass is 478 g/mol. The van der Waals surface area contributed by atoms with Gasteiger partial charge in [-0.3, -0.25) is 9.59 Å². The van der Waals surface area contributed by atoms with E-state index in [0.717, 1.165) is 5.69 Å². The summed E-state index contributed by atoms with van der Waals surface area (Å²) in [6.45, 7) is 0.627. The van der Waals surface area contributed by atoms with E-state index in [-0.39, 0.29) is 60.3 Å². The number of carbonyl (C=O) groups is 2. The van der Waals surface area contributed by atoms with Gasteiger partial charge in [-0.1, -0.05) is 17.7 Å². The fourth-order valence-corrected chi connectivity index (χ4v) is 5.59. The summed E-state index contributed by atoms with van der Waals surface area (Å²) in [5, 5.41) is 2.59. The highest BCUT2D eigenvalue weighted by Gasteiger charge is 2.33. The molecule has 1 saturated heterocycles. The molecule has 11 heteroatoms. The largest absolute Gasteiger partial charge is 0.482 e. The molecular weight excluding hydrogens is 456 g/mol. The van der Waals surface area contributed by atoms with Crippen molar-refractivity contribution in [3.63, 3.8) is 0 Å². The number of sulfonamides is 1. The number of halogens is 1. The number of hydrogen-bond donors (Lipinski definition) is 1. The maximum Gasteiger partial charge on any atom is 0.262 e. The van der Waals surface area contributed by atoms with Gasteiger partial charge in [0.2, 0.25) is 10.0 Å². The summed E-state index contributed by atoms with van der Waals surface area (Å²) in [6.07, 6.45) is 0. The highest BCUT2D eigenvalue weighted by molar-refractivity contribution is 7.89. The second-order valence-electron chi connectivity index (χ2n) is 7.76. The number of rotatable bonds is 4. The third-order valence-electron chi connectivity index (χ3n) is 5.42. The number of anilines is 2. The number of nitrogens with one attached hydrogen (secondary N) is 1. The molecule has 0 saturated carbocycles. The minimum absolute atomic E-state index is 0.00597. The molecule has 0 aliphatic carbocycles. The fraction of sp³-hybridized carbons (Fsp3) is 0.333. The molecule has 2 aromatic carbocycles. The van der Waals surface area contributed by atoms with E-state index < -0.39 is 10.0 Å². The molecule has 2 aliphatic heterocycles. The first-order chi connectivity index (χ1) is 15.2. The van der Waals surface area contributed by atoms with E-state index in [9.17, 15) is 18.0 Å². The lowest BCUT2D eigenvalue weighted by Crippen LogP contribution is -2.50. The van der Waals surface area contributed by atoms with E-state index in [1.165, 1.54) is 16.4 Å². The van der Waals surface area contributed by atoms with Crippen molar-refractivity contribution in [1.29, 1.82) is 0 Å². The second kappa shape index (κ2) is 8.61. The summed E-state index contributed by atoms with van der Waals surface area (Å²) in [7, 11) is -0.106. The zero-order chi connectivity index (χ0) is 23.0. The molecule has 2 amide bonds. The summed E-state index contributed by atoms with van der Waals surface area (Å²) < 4.78 is 33.1. The van der Waals surface area contributed by atoms with Crippen molar-refractivity contribution in [3.8, 4) is 5.75 Å². The van der Waals surface area contributed by atoms with Crippen LogP contribution in [0.25, 0.3) is 0 Å². The number of nitrogens with zero attached hydrogens (tertiary/aromatic N) is 3. The summed E-state index contributed by atoms with van der Waals surface area (Å²) in [6, 6.07) is 10.0. The Morgan fingerprint density at radius 3 is 2.53 bits per heavy atom. The normalized spacial score (nSPS) is 16.7. The number of hydrogen-bond acceptors (Lipinski definition) is 6. The van der Waals surface area contributed by atoms with Crippen LogP contribution in [0.4, 0.5) is 11.4 Å². The first-order valence-corrected chi connectivity index (χ1v) is 11.8. The van der Waals surface area contributed by atoms with Crippen molar-refractivity contribution in [2.45, 2.75) is 4.90 Å². The zero-order valence-corrected chi connectivity index (χ0v) is 19.2. The molecule has 9 nitrogen and oxygen atoms in total. The van der Waals surface area contributed by atoms with Crippen LogP contribution in [0.1, 0.15) is 10.4 Å². The molecule has 32 heavy (non-hydrogen) atoms. The Labute approximate surface area is 191 Å². The summed E-state index contributed by atoms with van der Waals surface area (Å²) in [5.41, 5.74) is 1.81. The Kier molecular flexibility index (Phi) is 6.02. The first-order valence-electron chi connectivity index (χ1n) is 10.00. The van der Waals surface area contributed by atoms with E-state index in [4.69, 9.17) is 16.3 Å². The van der Waals surface area contributed by atoms with Crippen LogP contribution in [-0.2, 0) is 14.8 Å². The van der Waals surface area contributed by atoms with Gasteiger partial charge in [0.15, 0.2) is 6.61 Å². The molecule has 0 radical (unpaired) electrons. The molecule has 0 bridgehead atoms. The van der Waals surface area contributed by atoms with E-state index in [0.29, 0.717) is 11.3 Å². The zero-order valence-electron chi connectivity index (χ0n) is 17.7. The molecule has 0 aromatic heterocycles. The highest BCUT2D eigenvalue weighted by Crippen LogP contribution is 2.37. The Balaban J connectivity index is 1.49. The Hall–Kier alpha value is -2.82. The topological polar surface area (TPSA) is 99.3 Å². The number of piperazine rings is 1. The molecule has 2 aromatic rings. The molecule has 4 rings (SSSR count). The Bertz CT molecular complexity index is 1180. The molecule has 0 unspecified atom stereocenters. The van der Waals surface area contributed by atoms with Gasteiger partial charge < -0.3 is 19.9 Å². The van der Waals surface area contributed by atoms with E-state index >= 15 is 0 Å². The second-order valence-corrected chi connectivity index (χ2v) is 10.1. The van der Waals surface area contributed by atoms with E-state index in [2.05, 4.69) is 5.32 Å². The minimum Gasteiger partial charge on any atom is -0.482 e. The van der Waals surface area contributed by atoms with Gasteiger partial charge in [-0.25, -0.2) is 8.42 Å². The standard InChI is InChI=1S/C21H23ClN4O5S/c1-24(2)15-5-3-4-14(10-15)21(28)25-6-8-26(9-7-25)32(29,30)19-12-18-17(11-16(19)22)23-20(27)13-31-18/h3-5,10-12H,6-9,13H2,1-2H3,(H,23,27). The Morgan fingerprint density at radius 2 is 1.84 bits per heavy atom. The van der Waals surface area contributed by atoms with Gasteiger partial charge in [0.25, 0.3) is 11.8 Å². The van der Waals surface area contributed by atoms with Gasteiger partial charge in [0.1, 0.15) is 10.6 Å². The van der Waals surface area contributed by atoms with Crippen LogP contribution in [0.15, 0.2) is 41.3 Å². The van der Waals surface area contributed by atoms with Crippen LogP contribution >= 0.6 is 11.6 Å². The van der Waals surface area contributed by atoms with Gasteiger partial charge in [0.05, 0.1) is 10.7 Å². The number of carbonyl (C=O) groups excluding carboxylic acids is 2. The fourth-order valence-electron chi connectivity index (χ4n) is 3.65. The van der Waals surface area contributed by atoms with Crippen LogP contribution in [-0.4, -0.2) is 76.3 Å². The molecule has 170 valence electrons. The minimum atomic E-state index is -3.91. The molecule has 0 spiro atoms. The lowest BCUT2D eigenvalue weighted by atomic mass is 10.1. The molecule has 1 fully saturated rings. The quantitative estimate of drug-likeness (QED) is 0.720. The van der Waals surface area contributed by atoms with Gasteiger partial charge in [-0.2, -0.15) is 4.31 Å². The number of amides is 2. The molecule has 2 heterocycles. The summed E-state index contributed by atoms with van der Waals surface area (Å²) in [5.74, 6) is -0.218. The van der Waals surface area contributed by atoms with Crippen LogP contribution in [0.3, 0.4) is 0 Å². The average Bonchev–Trinajstić information content (AvgIpc) is 2.78. The predicted molar refractivity (Wildman–Crippen MR) is 121 cm³/mol. The Morgan fingerprint density at radius 1 is 1.12 bits per heavy atom.